The van der Waals surface area contributed by atoms with Crippen LogP contribution in [0.25, 0.3) is 5.57 Å². The molecule has 0 saturated heterocycles. The molecule has 0 radical (unpaired) electrons. The third-order valence-electron chi connectivity index (χ3n) is 7.43. The number of hydrogen-bond donors (Lipinski definition) is 0. The fourth-order valence-corrected chi connectivity index (χ4v) is 6.05. The van der Waals surface area contributed by atoms with Crippen molar-refractivity contribution in [2.45, 2.75) is 24.7 Å². The van der Waals surface area contributed by atoms with Crippen molar-refractivity contribution < 1.29 is 4.79 Å². The molecule has 0 aromatic heterocycles. The van der Waals surface area contributed by atoms with Crippen LogP contribution in [0.1, 0.15) is 46.3 Å². The van der Waals surface area contributed by atoms with Gasteiger partial charge in [-0.3, -0.25) is 4.79 Å². The Morgan fingerprint density at radius 2 is 1.37 bits per heavy atom. The van der Waals surface area contributed by atoms with Gasteiger partial charge in [-0.1, -0.05) is 103 Å². The smallest absolute Gasteiger partial charge is 0.174 e. The molecule has 4 bridgehead atoms. The zero-order valence-electron chi connectivity index (χ0n) is 16.9. The minimum Gasteiger partial charge on any atom is -0.293 e. The molecule has 0 spiro atoms. The highest BCUT2D eigenvalue weighted by Crippen LogP contribution is 2.56. The number of allylic oxidation sites excluding steroid dienone is 3. The van der Waals surface area contributed by atoms with Crippen molar-refractivity contribution in [3.8, 4) is 0 Å². The van der Waals surface area contributed by atoms with Crippen molar-refractivity contribution in [1.82, 2.24) is 0 Å². The second-order valence-electron chi connectivity index (χ2n) is 8.83. The van der Waals surface area contributed by atoms with Crippen LogP contribution in [-0.4, -0.2) is 5.78 Å². The summed E-state index contributed by atoms with van der Waals surface area (Å²) in [7, 11) is 0. The van der Waals surface area contributed by atoms with Gasteiger partial charge in [0.2, 0.25) is 0 Å². The van der Waals surface area contributed by atoms with Gasteiger partial charge in [-0.2, -0.15) is 0 Å². The lowest BCUT2D eigenvalue weighted by atomic mass is 9.63. The third-order valence-corrected chi connectivity index (χ3v) is 7.43. The minimum atomic E-state index is -0.523. The van der Waals surface area contributed by atoms with Crippen LogP contribution in [0.4, 0.5) is 0 Å². The van der Waals surface area contributed by atoms with Crippen molar-refractivity contribution in [3.63, 3.8) is 0 Å². The average molecular weight is 389 g/mol. The highest BCUT2D eigenvalue weighted by molar-refractivity contribution is 6.11. The van der Waals surface area contributed by atoms with E-state index in [-0.39, 0.29) is 11.7 Å². The number of benzene rings is 3. The van der Waals surface area contributed by atoms with Gasteiger partial charge in [0, 0.05) is 5.56 Å². The van der Waals surface area contributed by atoms with Crippen LogP contribution in [0.5, 0.6) is 0 Å². The Kier molecular flexibility index (Phi) is 3.92. The van der Waals surface area contributed by atoms with Crippen LogP contribution < -0.4 is 0 Å². The second kappa shape index (κ2) is 6.67. The number of Topliss-reactive ketones (excluding diaryl/α,β-unsaturated/α-hetero) is 1. The zero-order valence-corrected chi connectivity index (χ0v) is 16.9. The zero-order chi connectivity index (χ0) is 20.1. The van der Waals surface area contributed by atoms with Gasteiger partial charge in [-0.25, -0.2) is 0 Å². The van der Waals surface area contributed by atoms with Crippen LogP contribution >= 0.6 is 0 Å². The molecule has 146 valence electrons. The largest absolute Gasteiger partial charge is 0.293 e. The van der Waals surface area contributed by atoms with Crippen LogP contribution in [0, 0.1) is 11.8 Å². The Hall–Kier alpha value is -3.19. The van der Waals surface area contributed by atoms with Crippen molar-refractivity contribution in [2.75, 3.05) is 0 Å². The molecule has 1 heteroatoms. The van der Waals surface area contributed by atoms with E-state index in [1.165, 1.54) is 16.7 Å². The molecule has 0 N–H and O–H groups in total. The van der Waals surface area contributed by atoms with E-state index in [4.69, 9.17) is 0 Å². The summed E-state index contributed by atoms with van der Waals surface area (Å²) >= 11 is 0. The molecule has 1 saturated carbocycles. The number of carbonyl (C=O) groups excluding carboxylic acids is 1. The lowest BCUT2D eigenvalue weighted by molar-refractivity contribution is 0.0839. The fraction of sp³-hybridized carbons (Fsp3) is 0.207. The van der Waals surface area contributed by atoms with E-state index < -0.39 is 5.41 Å². The number of hydrogen-bond acceptors (Lipinski definition) is 1. The van der Waals surface area contributed by atoms with Gasteiger partial charge >= 0.3 is 0 Å². The number of rotatable bonds is 2. The molecule has 3 unspecified atom stereocenters. The first-order valence-corrected chi connectivity index (χ1v) is 11.0. The summed E-state index contributed by atoms with van der Waals surface area (Å²) in [6.45, 7) is 0. The molecule has 0 amide bonds. The monoisotopic (exact) mass is 388 g/mol. The Morgan fingerprint density at radius 1 is 0.700 bits per heavy atom. The van der Waals surface area contributed by atoms with Crippen LogP contribution in [0.2, 0.25) is 0 Å². The lowest BCUT2D eigenvalue weighted by Crippen LogP contribution is -2.42. The molecule has 3 atom stereocenters. The van der Waals surface area contributed by atoms with E-state index in [0.29, 0.717) is 5.92 Å². The van der Waals surface area contributed by atoms with E-state index in [1.54, 1.807) is 0 Å². The van der Waals surface area contributed by atoms with Gasteiger partial charge < -0.3 is 0 Å². The minimum absolute atomic E-state index is 0.240. The van der Waals surface area contributed by atoms with Crippen molar-refractivity contribution in [1.29, 1.82) is 0 Å². The standard InChI is InChI=1S/C29H24O/c30-28-25-14-8-7-13-24(25)27(21-9-3-1-4-10-21)26-19-29(28,22-11-5-2-6-12-22)23-17-15-20(26)16-18-23/h1-15,17,20,23H,16,18-19H2. The summed E-state index contributed by atoms with van der Waals surface area (Å²) in [6, 6.07) is 29.5. The van der Waals surface area contributed by atoms with E-state index in [0.717, 1.165) is 36.0 Å². The molecule has 4 aliphatic rings. The molecule has 0 heterocycles. The maximum absolute atomic E-state index is 14.4. The van der Waals surface area contributed by atoms with Crippen LogP contribution in [0.15, 0.2) is 103 Å². The van der Waals surface area contributed by atoms with Gasteiger partial charge in [-0.15, -0.1) is 0 Å². The molecule has 1 nitrogen and oxygen atoms in total. The molecule has 3 aromatic carbocycles. The first-order valence-electron chi connectivity index (χ1n) is 11.0. The molecule has 3 aromatic rings. The number of carbonyl (C=O) groups is 1. The summed E-state index contributed by atoms with van der Waals surface area (Å²) < 4.78 is 0. The number of fused-ring (bicyclic) bond motifs is 2. The lowest BCUT2D eigenvalue weighted by Gasteiger charge is -2.37. The first kappa shape index (κ1) is 17.7. The molecule has 30 heavy (non-hydrogen) atoms. The highest BCUT2D eigenvalue weighted by atomic mass is 16.1. The normalized spacial score (nSPS) is 26.9. The van der Waals surface area contributed by atoms with Crippen LogP contribution in [0.3, 0.4) is 0 Å². The summed E-state index contributed by atoms with van der Waals surface area (Å²) in [6.07, 6.45) is 7.73. The van der Waals surface area contributed by atoms with E-state index in [9.17, 15) is 4.79 Å². The topological polar surface area (TPSA) is 17.1 Å². The Balaban J connectivity index is 1.75. The van der Waals surface area contributed by atoms with Gasteiger partial charge in [0.05, 0.1) is 5.41 Å². The Labute approximate surface area is 177 Å². The SMILES string of the molecule is O=C1c2ccccc2C(c2ccccc2)=C2CC1(c1ccccc1)C1C=CC2CC1. The maximum Gasteiger partial charge on any atom is 0.174 e. The van der Waals surface area contributed by atoms with E-state index in [2.05, 4.69) is 78.9 Å². The fourth-order valence-electron chi connectivity index (χ4n) is 6.05. The second-order valence-corrected chi connectivity index (χ2v) is 8.83. The molecular formula is C29H24O. The first-order chi connectivity index (χ1) is 14.8. The molecular weight excluding hydrogens is 364 g/mol. The predicted molar refractivity (Wildman–Crippen MR) is 121 cm³/mol. The maximum atomic E-state index is 14.4. The van der Waals surface area contributed by atoms with Gasteiger partial charge in [0.25, 0.3) is 0 Å². The van der Waals surface area contributed by atoms with Crippen LogP contribution in [-0.2, 0) is 5.41 Å². The van der Waals surface area contributed by atoms with Crippen molar-refractivity contribution in [3.05, 3.63) is 125 Å². The number of ketones is 1. The van der Waals surface area contributed by atoms with E-state index in [1.807, 2.05) is 18.2 Å². The average Bonchev–Trinajstić information content (AvgIpc) is 3.14. The quantitative estimate of drug-likeness (QED) is 0.452. The molecule has 7 rings (SSSR count). The summed E-state index contributed by atoms with van der Waals surface area (Å²) in [5.74, 6) is 0.926. The molecule has 1 fully saturated rings. The van der Waals surface area contributed by atoms with Crippen molar-refractivity contribution >= 4 is 11.4 Å². The van der Waals surface area contributed by atoms with Gasteiger partial charge in [0.1, 0.15) is 0 Å². The molecule has 0 aliphatic heterocycles. The van der Waals surface area contributed by atoms with Gasteiger partial charge in [-0.05, 0) is 53.4 Å². The third kappa shape index (κ3) is 2.38. The van der Waals surface area contributed by atoms with E-state index >= 15 is 0 Å². The Bertz CT molecular complexity index is 1190. The molecule has 4 aliphatic carbocycles. The predicted octanol–water partition coefficient (Wildman–Crippen LogP) is 6.61. The van der Waals surface area contributed by atoms with Gasteiger partial charge in [0.15, 0.2) is 5.78 Å². The summed E-state index contributed by atoms with van der Waals surface area (Å²) in [5.41, 5.74) is 6.53. The summed E-state index contributed by atoms with van der Waals surface area (Å²) in [5, 5.41) is 0. The highest BCUT2D eigenvalue weighted by Gasteiger charge is 2.52. The summed E-state index contributed by atoms with van der Waals surface area (Å²) in [4.78, 5) is 14.4. The van der Waals surface area contributed by atoms with Crippen molar-refractivity contribution in [2.24, 2.45) is 11.8 Å². The Morgan fingerprint density at radius 3 is 2.07 bits per heavy atom.